The summed E-state index contributed by atoms with van der Waals surface area (Å²) in [6, 6.07) is 9.57. The van der Waals surface area contributed by atoms with Gasteiger partial charge in [0, 0.05) is 54.3 Å². The van der Waals surface area contributed by atoms with Crippen LogP contribution in [0.2, 0.25) is 0 Å². The Morgan fingerprint density at radius 1 is 1.30 bits per heavy atom. The number of fused-ring (bicyclic) bond motifs is 2. The molecule has 2 aromatic heterocycles. The minimum absolute atomic E-state index is 0.0299. The van der Waals surface area contributed by atoms with Crippen molar-refractivity contribution < 1.29 is 4.79 Å². The number of thioether (sulfide) groups is 1. The summed E-state index contributed by atoms with van der Waals surface area (Å²) in [7, 11) is 0. The highest BCUT2D eigenvalue weighted by Gasteiger charge is 2.33. The summed E-state index contributed by atoms with van der Waals surface area (Å²) in [6.07, 6.45) is 2.71. The number of aryl methyl sites for hydroxylation is 1. The lowest BCUT2D eigenvalue weighted by atomic mass is 9.98. The second-order valence-electron chi connectivity index (χ2n) is 7.26. The van der Waals surface area contributed by atoms with Gasteiger partial charge >= 0.3 is 0 Å². The van der Waals surface area contributed by atoms with Crippen molar-refractivity contribution in [3.63, 3.8) is 0 Å². The van der Waals surface area contributed by atoms with Crippen LogP contribution in [0.1, 0.15) is 21.6 Å². The zero-order valence-corrected chi connectivity index (χ0v) is 15.7. The first-order chi connectivity index (χ1) is 13.2. The molecule has 1 N–H and O–H groups in total. The number of H-pyrrole nitrogens is 1. The Morgan fingerprint density at radius 3 is 3.04 bits per heavy atom. The van der Waals surface area contributed by atoms with Crippen LogP contribution in [0.15, 0.2) is 41.3 Å². The van der Waals surface area contributed by atoms with Crippen molar-refractivity contribution in [3.8, 4) is 0 Å². The molecule has 0 bridgehead atoms. The van der Waals surface area contributed by atoms with Crippen molar-refractivity contribution >= 4 is 28.6 Å². The monoisotopic (exact) mass is 380 g/mol. The second kappa shape index (κ2) is 6.56. The number of rotatable bonds is 3. The molecule has 0 aliphatic carbocycles. The summed E-state index contributed by atoms with van der Waals surface area (Å²) in [5, 5.41) is 5.53. The van der Waals surface area contributed by atoms with Crippen LogP contribution < -0.4 is 5.56 Å². The first-order valence-corrected chi connectivity index (χ1v) is 10.4. The summed E-state index contributed by atoms with van der Waals surface area (Å²) in [4.78, 5) is 30.1. The number of para-hydroxylation sites is 1. The molecule has 4 heterocycles. The van der Waals surface area contributed by atoms with Crippen LogP contribution in [-0.4, -0.2) is 44.4 Å². The van der Waals surface area contributed by atoms with E-state index in [1.807, 2.05) is 40.9 Å². The van der Waals surface area contributed by atoms with Crippen molar-refractivity contribution in [1.29, 1.82) is 0 Å². The van der Waals surface area contributed by atoms with E-state index in [0.717, 1.165) is 40.1 Å². The van der Waals surface area contributed by atoms with Gasteiger partial charge in [-0.25, -0.2) is 4.68 Å². The van der Waals surface area contributed by atoms with Crippen LogP contribution in [0.25, 0.3) is 10.9 Å². The Morgan fingerprint density at radius 2 is 2.15 bits per heavy atom. The normalized spacial score (nSPS) is 17.0. The Balaban J connectivity index is 1.27. The van der Waals surface area contributed by atoms with E-state index in [-0.39, 0.29) is 17.4 Å². The van der Waals surface area contributed by atoms with Gasteiger partial charge in [0.2, 0.25) is 0 Å². The molecular weight excluding hydrogens is 360 g/mol. The number of aromatic amines is 1. The van der Waals surface area contributed by atoms with Gasteiger partial charge in [0.05, 0.1) is 17.8 Å². The zero-order chi connectivity index (χ0) is 18.4. The molecule has 27 heavy (non-hydrogen) atoms. The van der Waals surface area contributed by atoms with Crippen molar-refractivity contribution in [2.24, 2.45) is 5.92 Å². The maximum atomic E-state index is 12.8. The molecule has 2 aliphatic heterocycles. The van der Waals surface area contributed by atoms with Gasteiger partial charge in [0.25, 0.3) is 11.5 Å². The lowest BCUT2D eigenvalue weighted by molar-refractivity contribution is 0.0460. The molecular formula is C20H20N4O2S. The molecule has 1 amide bonds. The summed E-state index contributed by atoms with van der Waals surface area (Å²) in [5.74, 6) is 2.27. The Kier molecular flexibility index (Phi) is 4.04. The fourth-order valence-electron chi connectivity index (χ4n) is 3.90. The Hall–Kier alpha value is -2.54. The van der Waals surface area contributed by atoms with Crippen molar-refractivity contribution in [1.82, 2.24) is 19.7 Å². The van der Waals surface area contributed by atoms with Crippen LogP contribution in [0.3, 0.4) is 0 Å². The molecule has 138 valence electrons. The molecule has 1 aromatic carbocycles. The SMILES string of the molecule is O=C(c1c[nH]c2ccccc12)N1CC(Cn2nc3c(cc2=O)CSCC3)C1. The fourth-order valence-corrected chi connectivity index (χ4v) is 4.85. The number of likely N-dealkylation sites (tertiary alicyclic amines) is 1. The number of hydrogen-bond acceptors (Lipinski definition) is 4. The van der Waals surface area contributed by atoms with Crippen molar-refractivity contribution in [2.75, 3.05) is 18.8 Å². The molecule has 0 radical (unpaired) electrons. The molecule has 5 rings (SSSR count). The molecule has 1 saturated heterocycles. The summed E-state index contributed by atoms with van der Waals surface area (Å²) in [5.41, 5.74) is 3.79. The van der Waals surface area contributed by atoms with Gasteiger partial charge < -0.3 is 9.88 Å². The third kappa shape index (κ3) is 2.96. The topological polar surface area (TPSA) is 71.0 Å². The number of hydrogen-bond donors (Lipinski definition) is 1. The van der Waals surface area contributed by atoms with Crippen LogP contribution in [0, 0.1) is 5.92 Å². The van der Waals surface area contributed by atoms with Gasteiger partial charge in [0.15, 0.2) is 0 Å². The number of nitrogens with one attached hydrogen (secondary N) is 1. The maximum absolute atomic E-state index is 12.8. The van der Waals surface area contributed by atoms with E-state index in [2.05, 4.69) is 10.1 Å². The number of aromatic nitrogens is 3. The average molecular weight is 380 g/mol. The van der Waals surface area contributed by atoms with Crippen LogP contribution >= 0.6 is 11.8 Å². The average Bonchev–Trinajstić information content (AvgIpc) is 3.08. The molecule has 2 aliphatic rings. The van der Waals surface area contributed by atoms with E-state index in [1.54, 1.807) is 16.9 Å². The summed E-state index contributed by atoms with van der Waals surface area (Å²) >= 11 is 1.85. The van der Waals surface area contributed by atoms with Gasteiger partial charge in [-0.15, -0.1) is 0 Å². The van der Waals surface area contributed by atoms with Gasteiger partial charge in [-0.2, -0.15) is 16.9 Å². The van der Waals surface area contributed by atoms with E-state index >= 15 is 0 Å². The first kappa shape index (κ1) is 16.6. The molecule has 0 atom stereocenters. The molecule has 3 aromatic rings. The predicted molar refractivity (Wildman–Crippen MR) is 106 cm³/mol. The van der Waals surface area contributed by atoms with Gasteiger partial charge in [-0.05, 0) is 17.4 Å². The molecule has 0 saturated carbocycles. The number of nitrogens with zero attached hydrogens (tertiary/aromatic N) is 3. The van der Waals surface area contributed by atoms with E-state index in [4.69, 9.17) is 0 Å². The largest absolute Gasteiger partial charge is 0.360 e. The Bertz CT molecular complexity index is 1080. The smallest absolute Gasteiger partial charge is 0.267 e. The fraction of sp³-hybridized carbons (Fsp3) is 0.350. The highest BCUT2D eigenvalue weighted by atomic mass is 32.2. The lowest BCUT2D eigenvalue weighted by Gasteiger charge is -2.39. The third-order valence-corrected chi connectivity index (χ3v) is 6.41. The van der Waals surface area contributed by atoms with E-state index in [9.17, 15) is 9.59 Å². The zero-order valence-electron chi connectivity index (χ0n) is 14.9. The maximum Gasteiger partial charge on any atom is 0.267 e. The van der Waals surface area contributed by atoms with Crippen LogP contribution in [0.4, 0.5) is 0 Å². The number of benzene rings is 1. The molecule has 7 heteroatoms. The highest BCUT2D eigenvalue weighted by Crippen LogP contribution is 2.25. The number of carbonyl (C=O) groups is 1. The predicted octanol–water partition coefficient (Wildman–Crippen LogP) is 2.29. The Labute approximate surface area is 160 Å². The van der Waals surface area contributed by atoms with Crippen LogP contribution in [0.5, 0.6) is 0 Å². The molecule has 0 spiro atoms. The van der Waals surface area contributed by atoms with Gasteiger partial charge in [-0.1, -0.05) is 18.2 Å². The minimum atomic E-state index is -0.0299. The first-order valence-electron chi connectivity index (χ1n) is 9.22. The summed E-state index contributed by atoms with van der Waals surface area (Å²) in [6.45, 7) is 1.91. The van der Waals surface area contributed by atoms with Crippen LogP contribution in [-0.2, 0) is 18.7 Å². The molecule has 6 nitrogen and oxygen atoms in total. The number of carbonyl (C=O) groups excluding carboxylic acids is 1. The molecule has 0 unspecified atom stereocenters. The van der Waals surface area contributed by atoms with Crippen molar-refractivity contribution in [2.45, 2.75) is 18.7 Å². The van der Waals surface area contributed by atoms with E-state index in [0.29, 0.717) is 25.2 Å². The minimum Gasteiger partial charge on any atom is -0.360 e. The van der Waals surface area contributed by atoms with Gasteiger partial charge in [-0.3, -0.25) is 9.59 Å². The van der Waals surface area contributed by atoms with Crippen molar-refractivity contribution in [3.05, 3.63) is 63.7 Å². The standard InChI is InChI=1S/C20H20N4O2S/c25-19-7-14-12-27-6-5-17(14)22-24(19)11-13-9-23(10-13)20(26)16-8-21-18-4-2-1-3-15(16)18/h1-4,7-8,13,21H,5-6,9-12H2. The van der Waals surface area contributed by atoms with E-state index in [1.165, 1.54) is 0 Å². The lowest BCUT2D eigenvalue weighted by Crippen LogP contribution is -2.52. The van der Waals surface area contributed by atoms with E-state index < -0.39 is 0 Å². The second-order valence-corrected chi connectivity index (χ2v) is 8.37. The third-order valence-electron chi connectivity index (χ3n) is 5.40. The summed E-state index contributed by atoms with van der Waals surface area (Å²) < 4.78 is 1.59. The quantitative estimate of drug-likeness (QED) is 0.757. The highest BCUT2D eigenvalue weighted by molar-refractivity contribution is 7.98. The molecule has 1 fully saturated rings. The van der Waals surface area contributed by atoms with Gasteiger partial charge in [0.1, 0.15) is 0 Å². The number of amides is 1.